The summed E-state index contributed by atoms with van der Waals surface area (Å²) in [5, 5.41) is 34.2. The molecule has 0 aliphatic heterocycles. The third-order valence-corrected chi connectivity index (χ3v) is 2.67. The van der Waals surface area contributed by atoms with E-state index in [0.29, 0.717) is 26.4 Å². The molecule has 0 fully saturated rings. The Morgan fingerprint density at radius 3 is 1.29 bits per heavy atom. The van der Waals surface area contributed by atoms with Crippen molar-refractivity contribution in [3.05, 3.63) is 0 Å². The van der Waals surface area contributed by atoms with Gasteiger partial charge in [0.05, 0.1) is 39.6 Å². The number of ether oxygens (including phenoxy) is 4. The number of hydrogen-bond donors (Lipinski definition) is 4. The van der Waals surface area contributed by atoms with Crippen molar-refractivity contribution in [3.8, 4) is 0 Å². The Balaban J connectivity index is 0. The van der Waals surface area contributed by atoms with E-state index in [9.17, 15) is 0 Å². The highest BCUT2D eigenvalue weighted by Gasteiger charge is 2.00. The molecule has 0 bridgehead atoms. The Labute approximate surface area is 145 Å². The van der Waals surface area contributed by atoms with Crippen molar-refractivity contribution in [1.82, 2.24) is 0 Å². The summed E-state index contributed by atoms with van der Waals surface area (Å²) in [6.07, 6.45) is 2.17. The van der Waals surface area contributed by atoms with Crippen LogP contribution in [-0.2, 0) is 18.9 Å². The first kappa shape index (κ1) is 25.9. The van der Waals surface area contributed by atoms with Crippen molar-refractivity contribution in [3.63, 3.8) is 0 Å². The van der Waals surface area contributed by atoms with Gasteiger partial charge in [-0.3, -0.25) is 0 Å². The summed E-state index contributed by atoms with van der Waals surface area (Å²) in [6, 6.07) is 0. The lowest BCUT2D eigenvalue weighted by atomic mass is 10.4. The number of aliphatic hydroxyl groups excluding tert-OH is 4. The SMILES string of the molecule is CCCCOCCOC(O)CO.CCCCOCCOC(O)CO. The first-order valence-corrected chi connectivity index (χ1v) is 8.58. The molecule has 0 spiro atoms. The Bertz CT molecular complexity index is 196. The van der Waals surface area contributed by atoms with Crippen LogP contribution in [0.4, 0.5) is 0 Å². The average Bonchev–Trinajstić information content (AvgIpc) is 2.61. The van der Waals surface area contributed by atoms with E-state index in [1.54, 1.807) is 0 Å². The van der Waals surface area contributed by atoms with Gasteiger partial charge in [0, 0.05) is 13.2 Å². The fourth-order valence-electron chi connectivity index (χ4n) is 1.29. The second-order valence-electron chi connectivity index (χ2n) is 4.95. The highest BCUT2D eigenvalue weighted by molar-refractivity contribution is 4.37. The van der Waals surface area contributed by atoms with Gasteiger partial charge in [0.15, 0.2) is 12.6 Å². The number of unbranched alkanes of at least 4 members (excludes halogenated alkanes) is 2. The zero-order chi connectivity index (χ0) is 18.5. The molecule has 0 heterocycles. The molecule has 0 amide bonds. The van der Waals surface area contributed by atoms with Gasteiger partial charge in [-0.15, -0.1) is 0 Å². The van der Waals surface area contributed by atoms with Gasteiger partial charge in [0.1, 0.15) is 0 Å². The monoisotopic (exact) mass is 356 g/mol. The minimum atomic E-state index is -1.07. The molecular weight excluding hydrogens is 320 g/mol. The molecule has 0 saturated heterocycles. The van der Waals surface area contributed by atoms with E-state index in [-0.39, 0.29) is 13.2 Å². The second kappa shape index (κ2) is 22.7. The Morgan fingerprint density at radius 2 is 1.00 bits per heavy atom. The maximum Gasteiger partial charge on any atom is 0.177 e. The van der Waals surface area contributed by atoms with Crippen LogP contribution in [0.25, 0.3) is 0 Å². The molecule has 0 rings (SSSR count). The van der Waals surface area contributed by atoms with E-state index in [1.807, 2.05) is 0 Å². The van der Waals surface area contributed by atoms with Gasteiger partial charge in [-0.05, 0) is 12.8 Å². The maximum absolute atomic E-state index is 8.73. The molecule has 0 aromatic carbocycles. The molecule has 148 valence electrons. The van der Waals surface area contributed by atoms with Crippen LogP contribution in [0.2, 0.25) is 0 Å². The van der Waals surface area contributed by atoms with Crippen LogP contribution in [-0.4, -0.2) is 85.9 Å². The fourth-order valence-corrected chi connectivity index (χ4v) is 1.29. The van der Waals surface area contributed by atoms with Crippen LogP contribution in [0, 0.1) is 0 Å². The van der Waals surface area contributed by atoms with Crippen LogP contribution in [0.3, 0.4) is 0 Å². The molecule has 4 N–H and O–H groups in total. The van der Waals surface area contributed by atoms with Gasteiger partial charge >= 0.3 is 0 Å². The van der Waals surface area contributed by atoms with Crippen molar-refractivity contribution in [2.24, 2.45) is 0 Å². The predicted octanol–water partition coefficient (Wildman–Crippen LogP) is 0.261. The van der Waals surface area contributed by atoms with Crippen molar-refractivity contribution < 1.29 is 39.4 Å². The van der Waals surface area contributed by atoms with Gasteiger partial charge in [0.2, 0.25) is 0 Å². The molecule has 2 unspecified atom stereocenters. The normalized spacial score (nSPS) is 13.2. The molecule has 8 nitrogen and oxygen atoms in total. The first-order valence-electron chi connectivity index (χ1n) is 8.58. The molecule has 0 aromatic heterocycles. The van der Waals surface area contributed by atoms with Gasteiger partial charge in [-0.25, -0.2) is 0 Å². The van der Waals surface area contributed by atoms with Crippen molar-refractivity contribution in [2.45, 2.75) is 52.1 Å². The Hall–Kier alpha value is -0.320. The topological polar surface area (TPSA) is 118 Å². The molecule has 0 saturated carbocycles. The van der Waals surface area contributed by atoms with E-state index in [4.69, 9.17) is 39.4 Å². The van der Waals surface area contributed by atoms with Crippen LogP contribution >= 0.6 is 0 Å². The Morgan fingerprint density at radius 1 is 0.625 bits per heavy atom. The summed E-state index contributed by atoms with van der Waals surface area (Å²) in [5.41, 5.74) is 0. The largest absolute Gasteiger partial charge is 0.391 e. The van der Waals surface area contributed by atoms with Crippen LogP contribution in [0.15, 0.2) is 0 Å². The van der Waals surface area contributed by atoms with Gasteiger partial charge in [-0.2, -0.15) is 0 Å². The molecule has 0 aliphatic carbocycles. The van der Waals surface area contributed by atoms with Crippen LogP contribution in [0.5, 0.6) is 0 Å². The number of aliphatic hydroxyl groups is 4. The van der Waals surface area contributed by atoms with Gasteiger partial charge in [0.25, 0.3) is 0 Å². The predicted molar refractivity (Wildman–Crippen MR) is 89.5 cm³/mol. The molecular formula is C16H36O8. The van der Waals surface area contributed by atoms with Crippen molar-refractivity contribution >= 4 is 0 Å². The highest BCUT2D eigenvalue weighted by Crippen LogP contribution is 1.90. The van der Waals surface area contributed by atoms with Gasteiger partial charge in [-0.1, -0.05) is 26.7 Å². The van der Waals surface area contributed by atoms with Crippen LogP contribution in [0.1, 0.15) is 39.5 Å². The lowest BCUT2D eigenvalue weighted by molar-refractivity contribution is -0.134. The third kappa shape index (κ3) is 23.9. The summed E-state index contributed by atoms with van der Waals surface area (Å²) >= 11 is 0. The number of rotatable bonds is 16. The molecule has 0 aromatic rings. The lowest BCUT2D eigenvalue weighted by Gasteiger charge is -2.08. The third-order valence-electron chi connectivity index (χ3n) is 2.67. The van der Waals surface area contributed by atoms with Gasteiger partial charge < -0.3 is 39.4 Å². The minimum absolute atomic E-state index is 0.325. The van der Waals surface area contributed by atoms with E-state index >= 15 is 0 Å². The maximum atomic E-state index is 8.73. The molecule has 0 aliphatic rings. The zero-order valence-electron chi connectivity index (χ0n) is 15.1. The van der Waals surface area contributed by atoms with Crippen molar-refractivity contribution in [1.29, 1.82) is 0 Å². The molecule has 8 heteroatoms. The summed E-state index contributed by atoms with van der Waals surface area (Å²) in [4.78, 5) is 0. The zero-order valence-corrected chi connectivity index (χ0v) is 15.1. The lowest BCUT2D eigenvalue weighted by Crippen LogP contribution is -2.19. The van der Waals surface area contributed by atoms with Crippen LogP contribution < -0.4 is 0 Å². The van der Waals surface area contributed by atoms with E-state index in [1.165, 1.54) is 0 Å². The van der Waals surface area contributed by atoms with E-state index in [2.05, 4.69) is 13.8 Å². The smallest absolute Gasteiger partial charge is 0.177 e. The summed E-state index contributed by atoms with van der Waals surface area (Å²) in [6.45, 7) is 6.50. The highest BCUT2D eigenvalue weighted by atomic mass is 16.6. The average molecular weight is 356 g/mol. The summed E-state index contributed by atoms with van der Waals surface area (Å²) in [7, 11) is 0. The molecule has 2 atom stereocenters. The fraction of sp³-hybridized carbons (Fsp3) is 1.00. The second-order valence-corrected chi connectivity index (χ2v) is 4.95. The molecule has 0 radical (unpaired) electrons. The molecule has 24 heavy (non-hydrogen) atoms. The summed E-state index contributed by atoms with van der Waals surface area (Å²) in [5.74, 6) is 0. The van der Waals surface area contributed by atoms with Crippen molar-refractivity contribution in [2.75, 3.05) is 52.9 Å². The standard InChI is InChI=1S/2C8H18O4/c2*1-2-3-4-11-5-6-12-8(10)7-9/h2*8-10H,2-7H2,1H3. The minimum Gasteiger partial charge on any atom is -0.391 e. The van der Waals surface area contributed by atoms with E-state index in [0.717, 1.165) is 38.9 Å². The first-order chi connectivity index (χ1) is 11.6. The summed E-state index contributed by atoms with van der Waals surface area (Å²) < 4.78 is 19.8. The van der Waals surface area contributed by atoms with E-state index < -0.39 is 12.6 Å². The Kier molecular flexibility index (Phi) is 24.5. The quantitative estimate of drug-likeness (QED) is 0.230. The number of hydrogen-bond acceptors (Lipinski definition) is 8.